The molecule has 0 bridgehead atoms. The van der Waals surface area contributed by atoms with Crippen LogP contribution in [0.1, 0.15) is 51.2 Å². The molecule has 4 rings (SSSR count). The van der Waals surface area contributed by atoms with Crippen LogP contribution in [0.4, 0.5) is 5.82 Å². The lowest BCUT2D eigenvalue weighted by Gasteiger charge is -2.33. The van der Waals surface area contributed by atoms with E-state index in [-0.39, 0.29) is 5.60 Å². The van der Waals surface area contributed by atoms with Gasteiger partial charge in [0.15, 0.2) is 11.5 Å². The van der Waals surface area contributed by atoms with Gasteiger partial charge in [-0.15, -0.1) is 0 Å². The number of hydrogen-bond donors (Lipinski definition) is 1. The van der Waals surface area contributed by atoms with Crippen LogP contribution in [0, 0.1) is 0 Å². The Hall–Kier alpha value is -2.05. The van der Waals surface area contributed by atoms with Crippen molar-refractivity contribution >= 4 is 16.7 Å². The lowest BCUT2D eigenvalue weighted by molar-refractivity contribution is -0.0393. The number of hydrogen-bond acceptors (Lipinski definition) is 6. The Kier molecular flexibility index (Phi) is 6.34. The highest BCUT2D eigenvalue weighted by Crippen LogP contribution is 2.40. The zero-order valence-corrected chi connectivity index (χ0v) is 18.8. The third kappa shape index (κ3) is 4.49. The van der Waals surface area contributed by atoms with Gasteiger partial charge in [-0.25, -0.2) is 4.98 Å². The minimum atomic E-state index is -0.186. The molecular weight excluding hydrogens is 378 g/mol. The topological polar surface area (TPSA) is 55.9 Å². The van der Waals surface area contributed by atoms with Crippen molar-refractivity contribution in [1.82, 2.24) is 9.88 Å². The Labute approximate surface area is 179 Å². The molecule has 164 valence electrons. The SMILES string of the molecule is CCNc1nc2cc(OCCCN3CCCC3)c(OC)cc2c2c1CC(C)(C)OC2. The number of pyridine rings is 1. The Morgan fingerprint density at radius 1 is 1.17 bits per heavy atom. The van der Waals surface area contributed by atoms with Gasteiger partial charge >= 0.3 is 0 Å². The van der Waals surface area contributed by atoms with Crippen molar-refractivity contribution in [3.8, 4) is 11.5 Å². The predicted octanol–water partition coefficient (Wildman–Crippen LogP) is 4.39. The first kappa shape index (κ1) is 21.2. The number of fused-ring (bicyclic) bond motifs is 3. The van der Waals surface area contributed by atoms with Gasteiger partial charge < -0.3 is 24.4 Å². The van der Waals surface area contributed by atoms with E-state index in [2.05, 4.69) is 37.1 Å². The number of nitrogens with one attached hydrogen (secondary N) is 1. The van der Waals surface area contributed by atoms with Crippen LogP contribution in [0.5, 0.6) is 11.5 Å². The molecule has 0 saturated carbocycles. The highest BCUT2D eigenvalue weighted by atomic mass is 16.5. The van der Waals surface area contributed by atoms with Crippen molar-refractivity contribution in [3.63, 3.8) is 0 Å². The van der Waals surface area contributed by atoms with E-state index in [1.54, 1.807) is 7.11 Å². The van der Waals surface area contributed by atoms with Crippen molar-refractivity contribution in [2.75, 3.05) is 45.2 Å². The first-order valence-corrected chi connectivity index (χ1v) is 11.3. The van der Waals surface area contributed by atoms with Crippen LogP contribution in [0.2, 0.25) is 0 Å². The Balaban J connectivity index is 1.61. The quantitative estimate of drug-likeness (QED) is 0.648. The first-order valence-electron chi connectivity index (χ1n) is 11.3. The number of methoxy groups -OCH3 is 1. The molecule has 2 aromatic rings. The minimum absolute atomic E-state index is 0.186. The minimum Gasteiger partial charge on any atom is -0.493 e. The van der Waals surface area contributed by atoms with Crippen molar-refractivity contribution in [1.29, 1.82) is 0 Å². The normalized spacial score (nSPS) is 18.4. The fourth-order valence-corrected chi connectivity index (χ4v) is 4.54. The standard InChI is InChI=1S/C24H35N3O3/c1-5-25-23-18-15-24(2,3)30-16-19(18)17-13-21(28-4)22(14-20(17)26-23)29-12-8-11-27-9-6-7-10-27/h13-14H,5-12,15-16H2,1-4H3,(H,25,26). The van der Waals surface area contributed by atoms with Crippen molar-refractivity contribution in [2.45, 2.75) is 58.7 Å². The summed E-state index contributed by atoms with van der Waals surface area (Å²) in [6.07, 6.45) is 4.50. The molecule has 1 fully saturated rings. The van der Waals surface area contributed by atoms with Gasteiger partial charge in [0.1, 0.15) is 5.82 Å². The molecule has 0 spiro atoms. The second kappa shape index (κ2) is 8.98. The number of rotatable bonds is 8. The van der Waals surface area contributed by atoms with E-state index in [4.69, 9.17) is 19.2 Å². The number of nitrogens with zero attached hydrogens (tertiary/aromatic N) is 2. The van der Waals surface area contributed by atoms with Gasteiger partial charge in [-0.1, -0.05) is 0 Å². The zero-order valence-electron chi connectivity index (χ0n) is 18.8. The number of anilines is 1. The van der Waals surface area contributed by atoms with Gasteiger partial charge in [-0.2, -0.15) is 0 Å². The third-order valence-corrected chi connectivity index (χ3v) is 6.12. The third-order valence-electron chi connectivity index (χ3n) is 6.12. The summed E-state index contributed by atoms with van der Waals surface area (Å²) >= 11 is 0. The van der Waals surface area contributed by atoms with Gasteiger partial charge in [-0.05, 0) is 64.8 Å². The molecule has 0 atom stereocenters. The van der Waals surface area contributed by atoms with E-state index >= 15 is 0 Å². The summed E-state index contributed by atoms with van der Waals surface area (Å²) in [7, 11) is 1.70. The molecular formula is C24H35N3O3. The maximum atomic E-state index is 6.13. The van der Waals surface area contributed by atoms with Crippen molar-refractivity contribution in [3.05, 3.63) is 23.3 Å². The average Bonchev–Trinajstić information content (AvgIpc) is 3.24. The summed E-state index contributed by atoms with van der Waals surface area (Å²) in [6.45, 7) is 12.0. The van der Waals surface area contributed by atoms with Crippen LogP contribution < -0.4 is 14.8 Å². The molecule has 2 aliphatic heterocycles. The second-order valence-corrected chi connectivity index (χ2v) is 8.94. The van der Waals surface area contributed by atoms with Crippen LogP contribution in [-0.4, -0.2) is 55.4 Å². The van der Waals surface area contributed by atoms with Crippen LogP contribution in [-0.2, 0) is 17.8 Å². The highest BCUT2D eigenvalue weighted by molar-refractivity contribution is 5.89. The fraction of sp³-hybridized carbons (Fsp3) is 0.625. The highest BCUT2D eigenvalue weighted by Gasteiger charge is 2.30. The summed E-state index contributed by atoms with van der Waals surface area (Å²) in [5.41, 5.74) is 3.19. The monoisotopic (exact) mass is 413 g/mol. The molecule has 6 heteroatoms. The van der Waals surface area contributed by atoms with E-state index in [1.165, 1.54) is 37.1 Å². The molecule has 30 heavy (non-hydrogen) atoms. The van der Waals surface area contributed by atoms with Crippen molar-refractivity contribution in [2.24, 2.45) is 0 Å². The second-order valence-electron chi connectivity index (χ2n) is 8.94. The molecule has 1 aromatic heterocycles. The summed E-state index contributed by atoms with van der Waals surface area (Å²) in [5, 5.41) is 4.54. The van der Waals surface area contributed by atoms with Gasteiger partial charge in [0.25, 0.3) is 0 Å². The number of likely N-dealkylation sites (tertiary alicyclic amines) is 1. The average molecular weight is 414 g/mol. The molecule has 1 N–H and O–H groups in total. The molecule has 1 aromatic carbocycles. The van der Waals surface area contributed by atoms with Gasteiger partial charge in [-0.3, -0.25) is 0 Å². The molecule has 0 unspecified atom stereocenters. The molecule has 1 saturated heterocycles. The number of benzene rings is 1. The van der Waals surface area contributed by atoms with Crippen LogP contribution in [0.25, 0.3) is 10.9 Å². The summed E-state index contributed by atoms with van der Waals surface area (Å²) in [6, 6.07) is 4.08. The van der Waals surface area contributed by atoms with E-state index in [9.17, 15) is 0 Å². The molecule has 0 aliphatic carbocycles. The largest absolute Gasteiger partial charge is 0.493 e. The maximum Gasteiger partial charge on any atom is 0.163 e. The summed E-state index contributed by atoms with van der Waals surface area (Å²) < 4.78 is 17.9. The molecule has 0 radical (unpaired) electrons. The Morgan fingerprint density at radius 2 is 1.97 bits per heavy atom. The van der Waals surface area contributed by atoms with E-state index in [0.717, 1.165) is 54.2 Å². The Morgan fingerprint density at radius 3 is 2.70 bits per heavy atom. The Bertz CT molecular complexity index is 891. The predicted molar refractivity (Wildman–Crippen MR) is 121 cm³/mol. The number of aromatic nitrogens is 1. The molecule has 3 heterocycles. The first-order chi connectivity index (χ1) is 14.5. The van der Waals surface area contributed by atoms with E-state index < -0.39 is 0 Å². The van der Waals surface area contributed by atoms with Crippen LogP contribution >= 0.6 is 0 Å². The molecule has 2 aliphatic rings. The van der Waals surface area contributed by atoms with Crippen LogP contribution in [0.3, 0.4) is 0 Å². The summed E-state index contributed by atoms with van der Waals surface area (Å²) in [5.74, 6) is 2.48. The van der Waals surface area contributed by atoms with Gasteiger partial charge in [0, 0.05) is 36.5 Å². The number of ether oxygens (including phenoxy) is 3. The van der Waals surface area contributed by atoms with E-state index in [0.29, 0.717) is 13.2 Å². The fourth-order valence-electron chi connectivity index (χ4n) is 4.54. The van der Waals surface area contributed by atoms with Gasteiger partial charge in [0.05, 0.1) is 31.4 Å². The van der Waals surface area contributed by atoms with E-state index in [1.807, 2.05) is 6.07 Å². The molecule has 6 nitrogen and oxygen atoms in total. The molecule has 0 amide bonds. The van der Waals surface area contributed by atoms with Crippen LogP contribution in [0.15, 0.2) is 12.1 Å². The summed E-state index contributed by atoms with van der Waals surface area (Å²) in [4.78, 5) is 7.47. The zero-order chi connectivity index (χ0) is 21.1. The maximum absolute atomic E-state index is 6.13. The van der Waals surface area contributed by atoms with Crippen molar-refractivity contribution < 1.29 is 14.2 Å². The lowest BCUT2D eigenvalue weighted by atomic mass is 9.90. The smallest absolute Gasteiger partial charge is 0.163 e. The van der Waals surface area contributed by atoms with Gasteiger partial charge in [0.2, 0.25) is 0 Å². The lowest BCUT2D eigenvalue weighted by Crippen LogP contribution is -2.32.